The van der Waals surface area contributed by atoms with Crippen LogP contribution in [0.25, 0.3) is 21.8 Å². The summed E-state index contributed by atoms with van der Waals surface area (Å²) in [4.78, 5) is 16.7. The number of aromatic hydroxyl groups is 1. The second kappa shape index (κ2) is 6.65. The van der Waals surface area contributed by atoms with Gasteiger partial charge in [0.15, 0.2) is 5.76 Å². The van der Waals surface area contributed by atoms with Crippen molar-refractivity contribution in [1.29, 1.82) is 0 Å². The second-order valence-electron chi connectivity index (χ2n) is 5.97. The molecule has 0 aliphatic rings. The topological polar surface area (TPSA) is 106 Å². The summed E-state index contributed by atoms with van der Waals surface area (Å²) < 4.78 is 6.30. The number of anilines is 1. The first-order chi connectivity index (χ1) is 13.0. The van der Waals surface area contributed by atoms with Crippen LogP contribution in [0.1, 0.15) is 16.1 Å². The predicted molar refractivity (Wildman–Crippen MR) is 104 cm³/mol. The fourth-order valence-electron chi connectivity index (χ4n) is 2.64. The third kappa shape index (κ3) is 3.18. The van der Waals surface area contributed by atoms with Gasteiger partial charge in [0, 0.05) is 10.9 Å². The number of furan rings is 1. The Bertz CT molecular complexity index is 1090. The van der Waals surface area contributed by atoms with Gasteiger partial charge in [0.1, 0.15) is 16.6 Å². The number of nitrogens with zero attached hydrogens (tertiary/aromatic N) is 2. The van der Waals surface area contributed by atoms with Crippen LogP contribution >= 0.6 is 11.3 Å². The fourth-order valence-corrected chi connectivity index (χ4v) is 3.53. The number of nitrogen functional groups attached to an aromatic ring is 1. The monoisotopic (exact) mass is 380 g/mol. The number of thiazole rings is 1. The molecule has 0 saturated heterocycles. The van der Waals surface area contributed by atoms with Crippen LogP contribution in [0.2, 0.25) is 0 Å². The van der Waals surface area contributed by atoms with Crippen LogP contribution in [0, 0.1) is 6.92 Å². The number of rotatable bonds is 4. The molecule has 3 heterocycles. The lowest BCUT2D eigenvalue weighted by molar-refractivity contribution is 0.0982. The van der Waals surface area contributed by atoms with E-state index < -0.39 is 5.91 Å². The summed E-state index contributed by atoms with van der Waals surface area (Å²) in [6.07, 6.45) is 2.73. The molecule has 3 aromatic heterocycles. The Hall–Kier alpha value is -3.52. The molecular formula is C19H16N4O3S. The highest BCUT2D eigenvalue weighted by molar-refractivity contribution is 7.13. The van der Waals surface area contributed by atoms with Crippen LogP contribution in [0.5, 0.6) is 5.75 Å². The number of nitrogens with two attached hydrogens (primary N) is 1. The molecule has 27 heavy (non-hydrogen) atoms. The molecule has 4 aromatic rings. The van der Waals surface area contributed by atoms with E-state index in [1.807, 2.05) is 36.6 Å². The average Bonchev–Trinajstić information content (AvgIpc) is 3.38. The van der Waals surface area contributed by atoms with Gasteiger partial charge in [-0.3, -0.25) is 10.2 Å². The molecule has 0 unspecified atom stereocenters. The van der Waals surface area contributed by atoms with Crippen LogP contribution in [0.15, 0.2) is 58.7 Å². The summed E-state index contributed by atoms with van der Waals surface area (Å²) in [6, 6.07) is 11.2. The normalized spacial score (nSPS) is 10.9. The van der Waals surface area contributed by atoms with Crippen molar-refractivity contribution in [2.75, 3.05) is 11.2 Å². The molecule has 0 aliphatic heterocycles. The zero-order chi connectivity index (χ0) is 19.0. The first-order valence-corrected chi connectivity index (χ1v) is 8.98. The first kappa shape index (κ1) is 16.9. The van der Waals surface area contributed by atoms with Crippen LogP contribution in [0.4, 0.5) is 5.82 Å². The molecule has 4 rings (SSSR count). The third-order valence-electron chi connectivity index (χ3n) is 4.06. The number of hydrogen-bond donors (Lipinski definition) is 3. The van der Waals surface area contributed by atoms with E-state index in [1.165, 1.54) is 40.1 Å². The third-order valence-corrected chi connectivity index (χ3v) is 4.92. The van der Waals surface area contributed by atoms with Gasteiger partial charge in [-0.25, -0.2) is 9.66 Å². The van der Waals surface area contributed by atoms with E-state index in [2.05, 4.69) is 10.4 Å². The Labute approximate surface area is 158 Å². The lowest BCUT2D eigenvalue weighted by Crippen LogP contribution is -2.23. The van der Waals surface area contributed by atoms with Crippen molar-refractivity contribution in [3.63, 3.8) is 0 Å². The van der Waals surface area contributed by atoms with Crippen LogP contribution in [0.3, 0.4) is 0 Å². The summed E-state index contributed by atoms with van der Waals surface area (Å²) in [5, 5.41) is 12.8. The van der Waals surface area contributed by atoms with Crippen LogP contribution in [-0.4, -0.2) is 20.7 Å². The summed E-state index contributed by atoms with van der Waals surface area (Å²) in [6.45, 7) is 2.02. The van der Waals surface area contributed by atoms with Crippen molar-refractivity contribution in [2.24, 2.45) is 0 Å². The zero-order valence-corrected chi connectivity index (χ0v) is 15.2. The summed E-state index contributed by atoms with van der Waals surface area (Å²) >= 11 is 1.36. The maximum atomic E-state index is 12.1. The molecule has 1 aromatic carbocycles. The molecule has 8 heteroatoms. The van der Waals surface area contributed by atoms with Gasteiger partial charge in [-0.2, -0.15) is 0 Å². The van der Waals surface area contributed by atoms with E-state index in [-0.39, 0.29) is 17.3 Å². The number of carbonyl (C=O) groups excluding carboxylic acids is 1. The maximum Gasteiger partial charge on any atom is 0.305 e. The minimum atomic E-state index is -0.479. The molecule has 0 radical (unpaired) electrons. The largest absolute Gasteiger partial charge is 0.505 e. The Morgan fingerprint density at radius 1 is 1.30 bits per heavy atom. The standard InChI is InChI=1S/C19H16N4O3S/c1-11-4-6-12(7-5-11)13-10-27-19(21-13)16-14(24)9-23(17(16)20)22-18(25)15-3-2-8-26-15/h2-10,24H,20H2,1H3,(H,22,25). The number of carbonyl (C=O) groups is 1. The molecule has 0 spiro atoms. The minimum Gasteiger partial charge on any atom is -0.505 e. The van der Waals surface area contributed by atoms with Gasteiger partial charge >= 0.3 is 5.91 Å². The second-order valence-corrected chi connectivity index (χ2v) is 6.82. The molecule has 0 fully saturated rings. The highest BCUT2D eigenvalue weighted by Crippen LogP contribution is 2.39. The van der Waals surface area contributed by atoms with Gasteiger partial charge < -0.3 is 15.3 Å². The Morgan fingerprint density at radius 2 is 2.07 bits per heavy atom. The number of aromatic nitrogens is 2. The summed E-state index contributed by atoms with van der Waals surface area (Å²) in [7, 11) is 0. The van der Waals surface area contributed by atoms with Crippen LogP contribution < -0.4 is 11.2 Å². The number of hydrogen-bond acceptors (Lipinski definition) is 6. The SMILES string of the molecule is Cc1ccc(-c2csc(-c3c(O)cn(NC(=O)c4ccco4)c3N)n2)cc1. The van der Waals surface area contributed by atoms with E-state index in [1.54, 1.807) is 6.07 Å². The maximum absolute atomic E-state index is 12.1. The smallest absolute Gasteiger partial charge is 0.305 e. The number of nitrogens with one attached hydrogen (secondary N) is 1. The van der Waals surface area contributed by atoms with Crippen molar-refractivity contribution in [3.8, 4) is 27.6 Å². The lowest BCUT2D eigenvalue weighted by Gasteiger charge is -2.06. The number of benzene rings is 1. The molecule has 136 valence electrons. The quantitative estimate of drug-likeness (QED) is 0.498. The van der Waals surface area contributed by atoms with E-state index in [4.69, 9.17) is 10.2 Å². The van der Waals surface area contributed by atoms with Gasteiger partial charge in [-0.05, 0) is 19.1 Å². The number of aryl methyl sites for hydroxylation is 1. The van der Waals surface area contributed by atoms with Crippen molar-refractivity contribution < 1.29 is 14.3 Å². The molecular weight excluding hydrogens is 364 g/mol. The van der Waals surface area contributed by atoms with Gasteiger partial charge in [-0.1, -0.05) is 29.8 Å². The molecule has 0 aliphatic carbocycles. The highest BCUT2D eigenvalue weighted by atomic mass is 32.1. The molecule has 4 N–H and O–H groups in total. The first-order valence-electron chi connectivity index (χ1n) is 8.10. The molecule has 0 saturated carbocycles. The fraction of sp³-hybridized carbons (Fsp3) is 0.0526. The Kier molecular flexibility index (Phi) is 4.17. The van der Waals surface area contributed by atoms with Crippen LogP contribution in [-0.2, 0) is 0 Å². The van der Waals surface area contributed by atoms with Crippen molar-refractivity contribution in [1.82, 2.24) is 9.66 Å². The molecule has 1 amide bonds. The lowest BCUT2D eigenvalue weighted by atomic mass is 10.1. The summed E-state index contributed by atoms with van der Waals surface area (Å²) in [5.41, 5.74) is 12.0. The van der Waals surface area contributed by atoms with Gasteiger partial charge in [-0.15, -0.1) is 11.3 Å². The highest BCUT2D eigenvalue weighted by Gasteiger charge is 2.20. The van der Waals surface area contributed by atoms with E-state index in [0.29, 0.717) is 10.6 Å². The van der Waals surface area contributed by atoms with Gasteiger partial charge in [0.05, 0.1) is 23.7 Å². The Morgan fingerprint density at radius 3 is 2.78 bits per heavy atom. The van der Waals surface area contributed by atoms with Crippen molar-refractivity contribution >= 4 is 23.1 Å². The van der Waals surface area contributed by atoms with Crippen molar-refractivity contribution in [3.05, 3.63) is 65.6 Å². The van der Waals surface area contributed by atoms with E-state index >= 15 is 0 Å². The molecule has 7 nitrogen and oxygen atoms in total. The summed E-state index contributed by atoms with van der Waals surface area (Å²) in [5.74, 6) is -0.234. The van der Waals surface area contributed by atoms with Gasteiger partial charge in [0.25, 0.3) is 0 Å². The number of amides is 1. The average molecular weight is 380 g/mol. The van der Waals surface area contributed by atoms with Gasteiger partial charge in [0.2, 0.25) is 0 Å². The van der Waals surface area contributed by atoms with E-state index in [9.17, 15) is 9.90 Å². The minimum absolute atomic E-state index is 0.0722. The zero-order valence-electron chi connectivity index (χ0n) is 14.3. The van der Waals surface area contributed by atoms with E-state index in [0.717, 1.165) is 11.3 Å². The molecule has 0 atom stereocenters. The van der Waals surface area contributed by atoms with Crippen molar-refractivity contribution in [2.45, 2.75) is 6.92 Å². The predicted octanol–water partition coefficient (Wildman–Crippen LogP) is 3.85. The molecule has 0 bridgehead atoms. The Balaban J connectivity index is 1.64.